The highest BCUT2D eigenvalue weighted by atomic mass is 19.2. The molecule has 2 fully saturated rings. The van der Waals surface area contributed by atoms with Crippen molar-refractivity contribution in [3.63, 3.8) is 0 Å². The van der Waals surface area contributed by atoms with E-state index in [1.807, 2.05) is 0 Å². The molecule has 7 heteroatoms. The van der Waals surface area contributed by atoms with Crippen molar-refractivity contribution in [2.24, 2.45) is 11.7 Å². The monoisotopic (exact) mass is 323 g/mol. The zero-order valence-electron chi connectivity index (χ0n) is 12.7. The fourth-order valence-electron chi connectivity index (χ4n) is 3.21. The van der Waals surface area contributed by atoms with Crippen molar-refractivity contribution in [2.45, 2.75) is 18.9 Å². The zero-order chi connectivity index (χ0) is 16.6. The van der Waals surface area contributed by atoms with Gasteiger partial charge in [0.1, 0.15) is 0 Å². The maximum Gasteiger partial charge on any atom is 0.254 e. The summed E-state index contributed by atoms with van der Waals surface area (Å²) in [5.74, 6) is -2.55. The molecule has 0 spiro atoms. The number of piperidine rings is 1. The molecule has 124 valence electrons. The average molecular weight is 323 g/mol. The second-order valence-electron chi connectivity index (χ2n) is 6.21. The van der Waals surface area contributed by atoms with E-state index < -0.39 is 11.6 Å². The number of nitrogens with zero attached hydrogens (tertiary/aromatic N) is 2. The van der Waals surface area contributed by atoms with E-state index in [4.69, 9.17) is 5.73 Å². The van der Waals surface area contributed by atoms with Crippen molar-refractivity contribution in [1.82, 2.24) is 9.80 Å². The van der Waals surface area contributed by atoms with Gasteiger partial charge in [0.2, 0.25) is 5.91 Å². The minimum absolute atomic E-state index is 0.0498. The predicted octanol–water partition coefficient (Wildman–Crippen LogP) is 0.987. The Labute approximate surface area is 133 Å². The van der Waals surface area contributed by atoms with Gasteiger partial charge in [-0.05, 0) is 44.1 Å². The Morgan fingerprint density at radius 3 is 2.30 bits per heavy atom. The fourth-order valence-corrected chi connectivity index (χ4v) is 3.21. The molecular formula is C16H19F2N3O2. The van der Waals surface area contributed by atoms with Gasteiger partial charge >= 0.3 is 0 Å². The molecule has 2 saturated heterocycles. The first-order valence-corrected chi connectivity index (χ1v) is 7.73. The number of nitrogens with two attached hydrogens (primary N) is 1. The molecular weight excluding hydrogens is 304 g/mol. The average Bonchev–Trinajstić information content (AvgIpc) is 2.49. The van der Waals surface area contributed by atoms with Gasteiger partial charge in [0.05, 0.1) is 0 Å². The molecule has 0 aromatic heterocycles. The minimum Gasteiger partial charge on any atom is -0.369 e. The molecule has 0 radical (unpaired) electrons. The number of likely N-dealkylation sites (tertiary alicyclic amines) is 2. The van der Waals surface area contributed by atoms with Crippen LogP contribution in [0.1, 0.15) is 23.2 Å². The molecule has 0 atom stereocenters. The van der Waals surface area contributed by atoms with Crippen LogP contribution >= 0.6 is 0 Å². The summed E-state index contributed by atoms with van der Waals surface area (Å²) in [5.41, 5.74) is 5.48. The molecule has 0 bridgehead atoms. The third-order valence-corrected chi connectivity index (χ3v) is 4.76. The Bertz CT molecular complexity index is 624. The molecule has 23 heavy (non-hydrogen) atoms. The topological polar surface area (TPSA) is 66.6 Å². The quantitative estimate of drug-likeness (QED) is 0.902. The zero-order valence-corrected chi connectivity index (χ0v) is 12.7. The standard InChI is InChI=1S/C16H19F2N3O2/c17-13-2-1-11(7-14(13)18)16(23)21-8-12(9-21)20-5-3-10(4-6-20)15(19)22/h1-2,7,10,12H,3-6,8-9H2,(H2,19,22). The number of rotatable bonds is 3. The Kier molecular flexibility index (Phi) is 4.30. The molecule has 1 aromatic rings. The van der Waals surface area contributed by atoms with Crippen molar-refractivity contribution >= 4 is 11.8 Å². The van der Waals surface area contributed by atoms with E-state index >= 15 is 0 Å². The van der Waals surface area contributed by atoms with E-state index in [0.717, 1.165) is 38.1 Å². The summed E-state index contributed by atoms with van der Waals surface area (Å²) in [6, 6.07) is 3.46. The van der Waals surface area contributed by atoms with Crippen LogP contribution in [0, 0.1) is 17.6 Å². The van der Waals surface area contributed by atoms with Crippen LogP contribution in [-0.4, -0.2) is 53.8 Å². The van der Waals surface area contributed by atoms with Gasteiger partial charge in [-0.25, -0.2) is 8.78 Å². The number of halogens is 2. The Hall–Kier alpha value is -2.02. The normalized spacial score (nSPS) is 20.3. The lowest BCUT2D eigenvalue weighted by atomic mass is 9.93. The van der Waals surface area contributed by atoms with Crippen LogP contribution in [-0.2, 0) is 4.79 Å². The molecule has 2 heterocycles. The third-order valence-electron chi connectivity index (χ3n) is 4.76. The molecule has 0 unspecified atom stereocenters. The highest BCUT2D eigenvalue weighted by Crippen LogP contribution is 2.24. The van der Waals surface area contributed by atoms with E-state index in [1.54, 1.807) is 4.90 Å². The highest BCUT2D eigenvalue weighted by molar-refractivity contribution is 5.94. The largest absolute Gasteiger partial charge is 0.369 e. The van der Waals surface area contributed by atoms with Crippen LogP contribution in [0.15, 0.2) is 18.2 Å². The van der Waals surface area contributed by atoms with Crippen LogP contribution in [0.4, 0.5) is 8.78 Å². The fraction of sp³-hybridized carbons (Fsp3) is 0.500. The summed E-state index contributed by atoms with van der Waals surface area (Å²) in [7, 11) is 0. The van der Waals surface area contributed by atoms with Crippen molar-refractivity contribution < 1.29 is 18.4 Å². The van der Waals surface area contributed by atoms with Gasteiger partial charge in [-0.2, -0.15) is 0 Å². The third kappa shape index (κ3) is 3.19. The lowest BCUT2D eigenvalue weighted by Crippen LogP contribution is -2.62. The van der Waals surface area contributed by atoms with Gasteiger partial charge in [0, 0.05) is 30.6 Å². The SMILES string of the molecule is NC(=O)C1CCN(C2CN(C(=O)c3ccc(F)c(F)c3)C2)CC1. The number of carbonyl (C=O) groups is 2. The molecule has 3 rings (SSSR count). The molecule has 2 aliphatic rings. The maximum atomic E-state index is 13.2. The lowest BCUT2D eigenvalue weighted by molar-refractivity contribution is -0.123. The van der Waals surface area contributed by atoms with Crippen molar-refractivity contribution in [3.8, 4) is 0 Å². The van der Waals surface area contributed by atoms with Gasteiger partial charge in [0.15, 0.2) is 11.6 Å². The number of hydrogen-bond donors (Lipinski definition) is 1. The maximum absolute atomic E-state index is 13.2. The minimum atomic E-state index is -1.01. The molecule has 2 aliphatic heterocycles. The number of benzene rings is 1. The summed E-state index contributed by atoms with van der Waals surface area (Å²) in [6.45, 7) is 2.73. The number of carbonyl (C=O) groups excluding carboxylic acids is 2. The predicted molar refractivity (Wildman–Crippen MR) is 79.5 cm³/mol. The molecule has 1 aromatic carbocycles. The number of hydrogen-bond acceptors (Lipinski definition) is 3. The van der Waals surface area contributed by atoms with Crippen LogP contribution in [0.2, 0.25) is 0 Å². The van der Waals surface area contributed by atoms with Gasteiger partial charge in [0.25, 0.3) is 5.91 Å². The van der Waals surface area contributed by atoms with Gasteiger partial charge in [-0.3, -0.25) is 14.5 Å². The smallest absolute Gasteiger partial charge is 0.254 e. The summed E-state index contributed by atoms with van der Waals surface area (Å²) in [4.78, 5) is 27.3. The van der Waals surface area contributed by atoms with Gasteiger partial charge < -0.3 is 10.6 Å². The van der Waals surface area contributed by atoms with Crippen LogP contribution in [0.5, 0.6) is 0 Å². The Morgan fingerprint density at radius 2 is 1.74 bits per heavy atom. The summed E-state index contributed by atoms with van der Waals surface area (Å²) in [6.07, 6.45) is 1.51. The number of primary amides is 1. The van der Waals surface area contributed by atoms with Crippen molar-refractivity contribution in [1.29, 1.82) is 0 Å². The molecule has 5 nitrogen and oxygen atoms in total. The van der Waals surface area contributed by atoms with Crippen molar-refractivity contribution in [2.75, 3.05) is 26.2 Å². The molecule has 0 saturated carbocycles. The van der Waals surface area contributed by atoms with E-state index in [-0.39, 0.29) is 29.3 Å². The van der Waals surface area contributed by atoms with Gasteiger partial charge in [-0.1, -0.05) is 0 Å². The van der Waals surface area contributed by atoms with E-state index in [2.05, 4.69) is 4.90 Å². The summed E-state index contributed by atoms with van der Waals surface area (Å²) < 4.78 is 26.1. The second kappa shape index (κ2) is 6.23. The summed E-state index contributed by atoms with van der Waals surface area (Å²) >= 11 is 0. The van der Waals surface area contributed by atoms with E-state index in [1.165, 1.54) is 6.07 Å². The summed E-state index contributed by atoms with van der Waals surface area (Å²) in [5, 5.41) is 0. The van der Waals surface area contributed by atoms with Crippen LogP contribution < -0.4 is 5.73 Å². The van der Waals surface area contributed by atoms with E-state index in [0.29, 0.717) is 13.1 Å². The number of amides is 2. The van der Waals surface area contributed by atoms with Crippen LogP contribution in [0.3, 0.4) is 0 Å². The molecule has 2 N–H and O–H groups in total. The van der Waals surface area contributed by atoms with Crippen molar-refractivity contribution in [3.05, 3.63) is 35.4 Å². The first-order chi connectivity index (χ1) is 11.0. The first-order valence-electron chi connectivity index (χ1n) is 7.73. The van der Waals surface area contributed by atoms with E-state index in [9.17, 15) is 18.4 Å². The highest BCUT2D eigenvalue weighted by Gasteiger charge is 2.37. The lowest BCUT2D eigenvalue weighted by Gasteiger charge is -2.47. The van der Waals surface area contributed by atoms with Gasteiger partial charge in [-0.15, -0.1) is 0 Å². The Balaban J connectivity index is 1.52. The second-order valence-corrected chi connectivity index (χ2v) is 6.21. The molecule has 2 amide bonds. The molecule has 0 aliphatic carbocycles. The first kappa shape index (κ1) is 15.9. The Morgan fingerprint density at radius 1 is 1.09 bits per heavy atom. The van der Waals surface area contributed by atoms with Crippen LogP contribution in [0.25, 0.3) is 0 Å².